The van der Waals surface area contributed by atoms with Gasteiger partial charge >= 0.3 is 0 Å². The number of carbonyl (C=O) groups excluding carboxylic acids is 1. The highest BCUT2D eigenvalue weighted by Crippen LogP contribution is 2.41. The summed E-state index contributed by atoms with van der Waals surface area (Å²) in [6.45, 7) is 4.46. The highest BCUT2D eigenvalue weighted by Gasteiger charge is 2.41. The minimum absolute atomic E-state index is 0.117. The van der Waals surface area contributed by atoms with Gasteiger partial charge in [-0.25, -0.2) is 9.97 Å². The third kappa shape index (κ3) is 4.39. The Hall–Kier alpha value is -3.52. The number of aryl methyl sites for hydroxylation is 1. The molecule has 3 heterocycles. The van der Waals surface area contributed by atoms with Gasteiger partial charge in [-0.3, -0.25) is 9.78 Å². The Morgan fingerprint density at radius 2 is 2.03 bits per heavy atom. The van der Waals surface area contributed by atoms with E-state index in [-0.39, 0.29) is 12.0 Å². The van der Waals surface area contributed by atoms with Crippen LogP contribution in [0.2, 0.25) is 5.02 Å². The fraction of sp³-hybridized carbons (Fsp3) is 0.292. The number of carbonyl (C=O) groups is 1. The fourth-order valence-electron chi connectivity index (χ4n) is 3.76. The van der Waals surface area contributed by atoms with Crippen molar-refractivity contribution in [3.05, 3.63) is 64.7 Å². The van der Waals surface area contributed by atoms with E-state index in [9.17, 15) is 4.79 Å². The second-order valence-electron chi connectivity index (χ2n) is 8.65. The Kier molecular flexibility index (Phi) is 5.25. The van der Waals surface area contributed by atoms with Crippen LogP contribution in [0.4, 0.5) is 0 Å². The van der Waals surface area contributed by atoms with Crippen LogP contribution >= 0.6 is 11.6 Å². The van der Waals surface area contributed by atoms with Crippen LogP contribution in [0.25, 0.3) is 22.6 Å². The number of ether oxygens (including phenoxy) is 1. The maximum Gasteiger partial charge on any atom is 0.245 e. The van der Waals surface area contributed by atoms with Crippen LogP contribution < -0.4 is 10.5 Å². The van der Waals surface area contributed by atoms with E-state index in [1.807, 2.05) is 41.8 Å². The molecule has 0 unspecified atom stereocenters. The topological polar surface area (TPSA) is 109 Å². The van der Waals surface area contributed by atoms with E-state index in [2.05, 4.69) is 21.9 Å². The molecule has 0 aliphatic heterocycles. The maximum absolute atomic E-state index is 11.3. The molecule has 0 saturated heterocycles. The van der Waals surface area contributed by atoms with Crippen molar-refractivity contribution in [3.8, 4) is 17.3 Å². The van der Waals surface area contributed by atoms with Crippen molar-refractivity contribution in [1.82, 2.24) is 24.5 Å². The molecule has 1 aromatic carbocycles. The number of hydrogen-bond acceptors (Lipinski definition) is 6. The lowest BCUT2D eigenvalue weighted by atomic mass is 10.1. The summed E-state index contributed by atoms with van der Waals surface area (Å²) in [7, 11) is 0. The molecule has 1 saturated carbocycles. The largest absolute Gasteiger partial charge is 0.470 e. The standard InChI is InChI=1S/C24H23ClN6O2/c1-14-4-3-5-16(29-14)12-31-21(17-7-6-15(10-18(17)25)11-19(26)32)30-20-22(31)27-13-28-23(20)33-24(2)8-9-24/h3-7,10,13H,8-9,11-12H2,1-2H3,(H2,26,32). The van der Waals surface area contributed by atoms with Gasteiger partial charge in [0.15, 0.2) is 11.2 Å². The third-order valence-corrected chi connectivity index (χ3v) is 6.03. The summed E-state index contributed by atoms with van der Waals surface area (Å²) in [5.41, 5.74) is 9.58. The van der Waals surface area contributed by atoms with Crippen molar-refractivity contribution < 1.29 is 9.53 Å². The Balaban J connectivity index is 1.66. The lowest BCUT2D eigenvalue weighted by Gasteiger charge is -2.12. The molecule has 33 heavy (non-hydrogen) atoms. The SMILES string of the molecule is Cc1cccc(Cn2c(-c3ccc(CC(N)=O)cc3Cl)nc3c(OC4(C)CC4)ncnc32)n1. The van der Waals surface area contributed by atoms with Gasteiger partial charge in [-0.2, -0.15) is 4.98 Å². The zero-order valence-electron chi connectivity index (χ0n) is 18.4. The molecule has 1 aliphatic carbocycles. The first-order valence-electron chi connectivity index (χ1n) is 10.7. The summed E-state index contributed by atoms with van der Waals surface area (Å²) in [6, 6.07) is 11.3. The zero-order valence-corrected chi connectivity index (χ0v) is 19.1. The monoisotopic (exact) mass is 462 g/mol. The summed E-state index contributed by atoms with van der Waals surface area (Å²) in [4.78, 5) is 29.7. The first-order valence-corrected chi connectivity index (χ1v) is 11.1. The van der Waals surface area contributed by atoms with E-state index in [1.165, 1.54) is 6.33 Å². The van der Waals surface area contributed by atoms with Gasteiger partial charge in [0.25, 0.3) is 0 Å². The highest BCUT2D eigenvalue weighted by molar-refractivity contribution is 6.33. The van der Waals surface area contributed by atoms with Crippen molar-refractivity contribution in [2.45, 2.75) is 45.3 Å². The van der Waals surface area contributed by atoms with E-state index in [0.29, 0.717) is 40.0 Å². The number of benzene rings is 1. The molecule has 2 N–H and O–H groups in total. The molecule has 3 aromatic heterocycles. The van der Waals surface area contributed by atoms with Crippen molar-refractivity contribution in [2.75, 3.05) is 0 Å². The average Bonchev–Trinajstić information content (AvgIpc) is 3.37. The van der Waals surface area contributed by atoms with E-state index in [0.717, 1.165) is 29.8 Å². The molecular formula is C24H23ClN6O2. The van der Waals surface area contributed by atoms with Crippen LogP contribution in [-0.4, -0.2) is 36.0 Å². The van der Waals surface area contributed by atoms with Crippen LogP contribution in [0.1, 0.15) is 36.7 Å². The number of halogens is 1. The Morgan fingerprint density at radius 3 is 2.73 bits per heavy atom. The molecule has 5 rings (SSSR count). The first kappa shape index (κ1) is 21.3. The predicted molar refractivity (Wildman–Crippen MR) is 125 cm³/mol. The van der Waals surface area contributed by atoms with Crippen LogP contribution in [0.3, 0.4) is 0 Å². The quantitative estimate of drug-likeness (QED) is 0.446. The minimum atomic E-state index is -0.415. The Labute approximate surface area is 195 Å². The normalized spacial score (nSPS) is 14.4. The number of rotatable bonds is 7. The van der Waals surface area contributed by atoms with Gasteiger partial charge in [0.2, 0.25) is 11.8 Å². The Morgan fingerprint density at radius 1 is 1.21 bits per heavy atom. The number of hydrogen-bond donors (Lipinski definition) is 1. The molecule has 8 nitrogen and oxygen atoms in total. The molecule has 0 bridgehead atoms. The molecular weight excluding hydrogens is 440 g/mol. The van der Waals surface area contributed by atoms with E-state index in [1.54, 1.807) is 6.07 Å². The van der Waals surface area contributed by atoms with Crippen molar-refractivity contribution in [2.24, 2.45) is 5.73 Å². The second-order valence-corrected chi connectivity index (χ2v) is 9.06. The van der Waals surface area contributed by atoms with E-state index in [4.69, 9.17) is 27.1 Å². The summed E-state index contributed by atoms with van der Waals surface area (Å²) >= 11 is 6.64. The number of pyridine rings is 1. The number of fused-ring (bicyclic) bond motifs is 1. The van der Waals surface area contributed by atoms with Gasteiger partial charge in [0.05, 0.1) is 23.7 Å². The lowest BCUT2D eigenvalue weighted by Crippen LogP contribution is -2.13. The molecule has 4 aromatic rings. The summed E-state index contributed by atoms with van der Waals surface area (Å²) < 4.78 is 8.13. The van der Waals surface area contributed by atoms with Gasteiger partial charge in [-0.05, 0) is 56.5 Å². The number of nitrogens with two attached hydrogens (primary N) is 1. The summed E-state index contributed by atoms with van der Waals surface area (Å²) in [5, 5.41) is 0.465. The van der Waals surface area contributed by atoms with Gasteiger partial charge < -0.3 is 15.0 Å². The molecule has 9 heteroatoms. The molecule has 0 radical (unpaired) electrons. The zero-order chi connectivity index (χ0) is 23.2. The number of amides is 1. The lowest BCUT2D eigenvalue weighted by molar-refractivity contribution is -0.117. The fourth-order valence-corrected chi connectivity index (χ4v) is 4.05. The van der Waals surface area contributed by atoms with Crippen molar-refractivity contribution >= 4 is 28.7 Å². The van der Waals surface area contributed by atoms with E-state index < -0.39 is 5.91 Å². The number of aromatic nitrogens is 5. The smallest absolute Gasteiger partial charge is 0.245 e. The number of primary amides is 1. The molecule has 0 spiro atoms. The molecule has 1 fully saturated rings. The highest BCUT2D eigenvalue weighted by atomic mass is 35.5. The Bertz CT molecular complexity index is 1380. The summed E-state index contributed by atoms with van der Waals surface area (Å²) in [6.07, 6.45) is 3.57. The van der Waals surface area contributed by atoms with Crippen molar-refractivity contribution in [3.63, 3.8) is 0 Å². The predicted octanol–water partition coefficient (Wildman–Crippen LogP) is 3.86. The summed E-state index contributed by atoms with van der Waals surface area (Å²) in [5.74, 6) is 0.663. The van der Waals surface area contributed by atoms with Gasteiger partial charge in [-0.1, -0.05) is 23.7 Å². The number of imidazole rings is 1. The van der Waals surface area contributed by atoms with Gasteiger partial charge in [0.1, 0.15) is 17.8 Å². The van der Waals surface area contributed by atoms with Crippen molar-refractivity contribution in [1.29, 1.82) is 0 Å². The van der Waals surface area contributed by atoms with Gasteiger partial charge in [-0.15, -0.1) is 0 Å². The van der Waals surface area contributed by atoms with Crippen LogP contribution in [0.5, 0.6) is 5.88 Å². The van der Waals surface area contributed by atoms with Gasteiger partial charge in [0, 0.05) is 11.3 Å². The second kappa shape index (κ2) is 8.12. The van der Waals surface area contributed by atoms with Crippen LogP contribution in [0.15, 0.2) is 42.7 Å². The number of nitrogens with zero attached hydrogens (tertiary/aromatic N) is 5. The molecule has 0 atom stereocenters. The maximum atomic E-state index is 11.3. The van der Waals surface area contributed by atoms with E-state index >= 15 is 0 Å². The molecule has 1 aliphatic rings. The van der Waals surface area contributed by atoms with Crippen LogP contribution in [-0.2, 0) is 17.8 Å². The third-order valence-electron chi connectivity index (χ3n) is 5.71. The molecule has 1 amide bonds. The first-order chi connectivity index (χ1) is 15.8. The minimum Gasteiger partial charge on any atom is -0.470 e. The average molecular weight is 463 g/mol. The van der Waals surface area contributed by atoms with Crippen LogP contribution in [0, 0.1) is 6.92 Å². The molecule has 168 valence electrons.